The maximum atomic E-state index is 11.6. The fourth-order valence-electron chi connectivity index (χ4n) is 4.37. The molecule has 0 bridgehead atoms. The van der Waals surface area contributed by atoms with Crippen molar-refractivity contribution >= 4 is 50.5 Å². The molecule has 0 unspecified atom stereocenters. The van der Waals surface area contributed by atoms with E-state index >= 15 is 0 Å². The Labute approximate surface area is 222 Å². The van der Waals surface area contributed by atoms with Crippen LogP contribution in [0.5, 0.6) is 5.75 Å². The average molecular weight is 546 g/mol. The Bertz CT molecular complexity index is 1350. The van der Waals surface area contributed by atoms with Gasteiger partial charge in [-0.05, 0) is 50.7 Å². The molecule has 10 nitrogen and oxygen atoms in total. The van der Waals surface area contributed by atoms with Gasteiger partial charge in [-0.2, -0.15) is 4.98 Å². The van der Waals surface area contributed by atoms with Gasteiger partial charge in [-0.3, -0.25) is 0 Å². The number of nitrogens with one attached hydrogen (secondary N) is 2. The van der Waals surface area contributed by atoms with Crippen molar-refractivity contribution in [2.45, 2.75) is 24.6 Å². The third-order valence-corrected chi connectivity index (χ3v) is 7.35. The third kappa shape index (κ3) is 7.01. The highest BCUT2D eigenvalue weighted by molar-refractivity contribution is 7.88. The Morgan fingerprint density at radius 3 is 2.54 bits per heavy atom. The molecule has 0 aliphatic carbocycles. The lowest BCUT2D eigenvalue weighted by Crippen LogP contribution is -2.41. The first kappa shape index (κ1) is 26.9. The SMILES string of the molecule is COc1cc(N2CCC(N(C)C)CC2)ccc1Nc1ncc(Cl)c(Nc2ccccc2CS(N)(=O)=O)n1. The molecule has 12 heteroatoms. The van der Waals surface area contributed by atoms with E-state index in [2.05, 4.69) is 50.6 Å². The summed E-state index contributed by atoms with van der Waals surface area (Å²) in [5.74, 6) is 0.966. The number of nitrogens with two attached hydrogens (primary N) is 1. The van der Waals surface area contributed by atoms with Crippen molar-refractivity contribution in [3.8, 4) is 5.75 Å². The second-order valence-corrected chi connectivity index (χ2v) is 11.2. The van der Waals surface area contributed by atoms with Crippen LogP contribution in [0.1, 0.15) is 18.4 Å². The Hall–Kier alpha value is -3.12. The molecule has 1 aliphatic rings. The van der Waals surface area contributed by atoms with E-state index in [4.69, 9.17) is 21.5 Å². The highest BCUT2D eigenvalue weighted by Gasteiger charge is 2.21. The number of hydrogen-bond acceptors (Lipinski definition) is 9. The number of sulfonamides is 1. The average Bonchev–Trinajstić information content (AvgIpc) is 2.86. The predicted octanol–water partition coefficient (Wildman–Crippen LogP) is 3.94. The van der Waals surface area contributed by atoms with Crippen molar-refractivity contribution in [3.63, 3.8) is 0 Å². The number of benzene rings is 2. The molecular formula is C25H32ClN7O3S. The molecule has 0 atom stereocenters. The number of methoxy groups -OCH3 is 1. The van der Waals surface area contributed by atoms with Gasteiger partial charge in [-0.15, -0.1) is 0 Å². The topological polar surface area (TPSA) is 126 Å². The van der Waals surface area contributed by atoms with Crippen molar-refractivity contribution in [3.05, 3.63) is 59.2 Å². The monoisotopic (exact) mass is 545 g/mol. The number of piperidine rings is 1. The molecule has 1 saturated heterocycles. The minimum atomic E-state index is -3.71. The van der Waals surface area contributed by atoms with Crippen LogP contribution >= 0.6 is 11.6 Å². The van der Waals surface area contributed by atoms with Crippen molar-refractivity contribution in [1.29, 1.82) is 0 Å². The molecule has 1 aliphatic heterocycles. The van der Waals surface area contributed by atoms with Crippen LogP contribution in [0.15, 0.2) is 48.7 Å². The summed E-state index contributed by atoms with van der Waals surface area (Å²) in [4.78, 5) is 13.4. The van der Waals surface area contributed by atoms with E-state index in [1.165, 1.54) is 6.20 Å². The Morgan fingerprint density at radius 2 is 1.86 bits per heavy atom. The normalized spacial score (nSPS) is 14.6. The molecule has 37 heavy (non-hydrogen) atoms. The van der Waals surface area contributed by atoms with Crippen molar-refractivity contribution in [1.82, 2.24) is 14.9 Å². The minimum Gasteiger partial charge on any atom is -0.494 e. The van der Waals surface area contributed by atoms with E-state index in [-0.39, 0.29) is 10.8 Å². The zero-order valence-electron chi connectivity index (χ0n) is 21.1. The van der Waals surface area contributed by atoms with Gasteiger partial charge in [-0.1, -0.05) is 29.8 Å². The number of halogens is 1. The smallest absolute Gasteiger partial charge is 0.229 e. The van der Waals surface area contributed by atoms with Gasteiger partial charge in [0.05, 0.1) is 24.7 Å². The number of para-hydroxylation sites is 1. The molecule has 0 saturated carbocycles. The zero-order valence-corrected chi connectivity index (χ0v) is 22.7. The van der Waals surface area contributed by atoms with Crippen molar-refractivity contribution < 1.29 is 13.2 Å². The number of ether oxygens (including phenoxy) is 1. The molecule has 4 rings (SSSR count). The summed E-state index contributed by atoms with van der Waals surface area (Å²) >= 11 is 6.34. The Morgan fingerprint density at radius 1 is 1.14 bits per heavy atom. The summed E-state index contributed by atoms with van der Waals surface area (Å²) in [5.41, 5.74) is 2.84. The van der Waals surface area contributed by atoms with E-state index in [0.29, 0.717) is 40.5 Å². The highest BCUT2D eigenvalue weighted by atomic mass is 35.5. The molecular weight excluding hydrogens is 514 g/mol. The molecule has 3 aromatic rings. The lowest BCUT2D eigenvalue weighted by molar-refractivity contribution is 0.249. The first-order chi connectivity index (χ1) is 17.6. The van der Waals surface area contributed by atoms with Crippen LogP contribution in [0.3, 0.4) is 0 Å². The highest BCUT2D eigenvalue weighted by Crippen LogP contribution is 2.34. The molecule has 0 amide bonds. The van der Waals surface area contributed by atoms with E-state index < -0.39 is 10.0 Å². The lowest BCUT2D eigenvalue weighted by Gasteiger charge is -2.36. The van der Waals surface area contributed by atoms with Crippen LogP contribution in [-0.4, -0.2) is 63.6 Å². The van der Waals surface area contributed by atoms with Gasteiger partial charge in [0.2, 0.25) is 16.0 Å². The maximum absolute atomic E-state index is 11.6. The predicted molar refractivity (Wildman–Crippen MR) is 149 cm³/mol. The van der Waals surface area contributed by atoms with Crippen LogP contribution in [0.25, 0.3) is 0 Å². The number of hydrogen-bond donors (Lipinski definition) is 3. The number of nitrogens with zero attached hydrogens (tertiary/aromatic N) is 4. The Balaban J connectivity index is 1.52. The summed E-state index contributed by atoms with van der Waals surface area (Å²) in [6.45, 7) is 1.97. The molecule has 198 valence electrons. The van der Waals surface area contributed by atoms with Gasteiger partial charge in [0, 0.05) is 36.6 Å². The van der Waals surface area contributed by atoms with E-state index in [1.54, 1.807) is 31.4 Å². The zero-order chi connectivity index (χ0) is 26.6. The molecule has 1 aromatic heterocycles. The fraction of sp³-hybridized carbons (Fsp3) is 0.360. The summed E-state index contributed by atoms with van der Waals surface area (Å²) in [5, 5.41) is 11.8. The summed E-state index contributed by atoms with van der Waals surface area (Å²) in [6.07, 6.45) is 3.70. The van der Waals surface area contributed by atoms with E-state index in [9.17, 15) is 8.42 Å². The molecule has 0 radical (unpaired) electrons. The molecule has 0 spiro atoms. The molecule has 1 fully saturated rings. The largest absolute Gasteiger partial charge is 0.494 e. The van der Waals surface area contributed by atoms with Gasteiger partial charge in [0.15, 0.2) is 5.82 Å². The molecule has 2 heterocycles. The first-order valence-corrected chi connectivity index (χ1v) is 14.0. The van der Waals surface area contributed by atoms with Crippen LogP contribution < -0.4 is 25.4 Å². The maximum Gasteiger partial charge on any atom is 0.229 e. The van der Waals surface area contributed by atoms with Crippen molar-refractivity contribution in [2.24, 2.45) is 5.14 Å². The van der Waals surface area contributed by atoms with Crippen molar-refractivity contribution in [2.75, 3.05) is 49.8 Å². The van der Waals surface area contributed by atoms with E-state index in [1.807, 2.05) is 12.1 Å². The fourth-order valence-corrected chi connectivity index (χ4v) is 5.19. The van der Waals surface area contributed by atoms with Crippen LogP contribution in [0.4, 0.5) is 28.8 Å². The quantitative estimate of drug-likeness (QED) is 0.366. The van der Waals surface area contributed by atoms with Crippen LogP contribution in [0.2, 0.25) is 5.02 Å². The van der Waals surface area contributed by atoms with Gasteiger partial charge in [0.25, 0.3) is 0 Å². The van der Waals surface area contributed by atoms with Gasteiger partial charge >= 0.3 is 0 Å². The summed E-state index contributed by atoms with van der Waals surface area (Å²) < 4.78 is 28.9. The minimum absolute atomic E-state index is 0.277. The van der Waals surface area contributed by atoms with Gasteiger partial charge in [0.1, 0.15) is 10.8 Å². The first-order valence-electron chi connectivity index (χ1n) is 11.9. The number of primary sulfonamides is 1. The van der Waals surface area contributed by atoms with E-state index in [0.717, 1.165) is 31.6 Å². The lowest BCUT2D eigenvalue weighted by atomic mass is 10.0. The molecule has 4 N–H and O–H groups in total. The number of anilines is 5. The number of aromatic nitrogens is 2. The van der Waals surface area contributed by atoms with Crippen LogP contribution in [0, 0.1) is 0 Å². The Kier molecular flexibility index (Phi) is 8.38. The number of rotatable bonds is 9. The summed E-state index contributed by atoms with van der Waals surface area (Å²) in [7, 11) is 2.17. The standard InChI is InChI=1S/C25H32ClN7O3S/c1-32(2)18-10-12-33(13-11-18)19-8-9-22(23(14-19)36-3)30-25-28-15-20(26)24(31-25)29-21-7-5-4-6-17(21)16-37(27,34)35/h4-9,14-15,18H,10-13,16H2,1-3H3,(H2,27,34,35)(H2,28,29,30,31). The third-order valence-electron chi connectivity index (χ3n) is 6.36. The second-order valence-electron chi connectivity index (χ2n) is 9.17. The van der Waals surface area contributed by atoms with Crippen LogP contribution in [-0.2, 0) is 15.8 Å². The van der Waals surface area contributed by atoms with Gasteiger partial charge in [-0.25, -0.2) is 18.5 Å². The molecule has 2 aromatic carbocycles. The van der Waals surface area contributed by atoms with Gasteiger partial charge < -0.3 is 25.2 Å². The summed E-state index contributed by atoms with van der Waals surface area (Å²) in [6, 6.07) is 13.5. The second kappa shape index (κ2) is 11.5.